The number of nitrogens with two attached hydrogens (primary N) is 1. The van der Waals surface area contributed by atoms with Gasteiger partial charge in [-0.15, -0.1) is 12.4 Å². The minimum absolute atomic E-state index is 0. The maximum absolute atomic E-state index is 11.7. The molecular weight excluding hydrogens is 224 g/mol. The fourth-order valence-electron chi connectivity index (χ4n) is 1.39. The van der Waals surface area contributed by atoms with Crippen molar-refractivity contribution in [3.05, 3.63) is 35.4 Å². The minimum Gasteiger partial charge on any atom is -0.352 e. The van der Waals surface area contributed by atoms with Crippen LogP contribution in [0.15, 0.2) is 24.3 Å². The average Bonchev–Trinajstić information content (AvgIpc) is 2.25. The lowest BCUT2D eigenvalue weighted by atomic mass is 10.1. The number of amides is 1. The lowest BCUT2D eigenvalue weighted by Gasteiger charge is -2.06. The molecule has 0 aliphatic rings. The van der Waals surface area contributed by atoms with Gasteiger partial charge in [-0.25, -0.2) is 0 Å². The van der Waals surface area contributed by atoms with Crippen LogP contribution in [0.2, 0.25) is 0 Å². The molecule has 1 rings (SSSR count). The molecule has 0 saturated carbocycles. The number of hydrogen-bond donors (Lipinski definition) is 2. The summed E-state index contributed by atoms with van der Waals surface area (Å²) in [4.78, 5) is 11.7. The molecule has 90 valence electrons. The highest BCUT2D eigenvalue weighted by atomic mass is 35.5. The van der Waals surface area contributed by atoms with Crippen molar-refractivity contribution in [3.8, 4) is 0 Å². The van der Waals surface area contributed by atoms with E-state index in [2.05, 4.69) is 5.32 Å². The summed E-state index contributed by atoms with van der Waals surface area (Å²) in [6, 6.07) is 7.59. The summed E-state index contributed by atoms with van der Waals surface area (Å²) < 4.78 is 0. The third-order valence-electron chi connectivity index (χ3n) is 2.31. The molecule has 1 aromatic carbocycles. The van der Waals surface area contributed by atoms with Gasteiger partial charge in [0.1, 0.15) is 0 Å². The van der Waals surface area contributed by atoms with Crippen molar-refractivity contribution < 1.29 is 4.79 Å². The van der Waals surface area contributed by atoms with Crippen molar-refractivity contribution in [2.24, 2.45) is 5.73 Å². The van der Waals surface area contributed by atoms with Crippen LogP contribution in [0.3, 0.4) is 0 Å². The van der Waals surface area contributed by atoms with E-state index in [1.54, 1.807) is 0 Å². The van der Waals surface area contributed by atoms with Gasteiger partial charge in [0.15, 0.2) is 0 Å². The van der Waals surface area contributed by atoms with Gasteiger partial charge in [-0.3, -0.25) is 4.79 Å². The number of carbonyl (C=O) groups is 1. The van der Waals surface area contributed by atoms with Crippen molar-refractivity contribution in [1.82, 2.24) is 5.32 Å². The Morgan fingerprint density at radius 1 is 1.31 bits per heavy atom. The molecule has 0 unspecified atom stereocenters. The summed E-state index contributed by atoms with van der Waals surface area (Å²) in [7, 11) is 0. The summed E-state index contributed by atoms with van der Waals surface area (Å²) in [6.45, 7) is 3.32. The van der Waals surface area contributed by atoms with Crippen LogP contribution in [0.25, 0.3) is 0 Å². The van der Waals surface area contributed by atoms with Gasteiger partial charge in [-0.05, 0) is 37.9 Å². The molecule has 0 spiro atoms. The Morgan fingerprint density at radius 3 is 2.62 bits per heavy atom. The van der Waals surface area contributed by atoms with Crippen LogP contribution < -0.4 is 11.1 Å². The zero-order valence-corrected chi connectivity index (χ0v) is 10.3. The molecule has 0 aliphatic carbocycles. The van der Waals surface area contributed by atoms with Crippen LogP contribution in [-0.4, -0.2) is 19.0 Å². The molecule has 0 bridgehead atoms. The van der Waals surface area contributed by atoms with E-state index in [0.29, 0.717) is 13.1 Å². The number of halogens is 1. The molecule has 0 radical (unpaired) electrons. The summed E-state index contributed by atoms with van der Waals surface area (Å²) in [5, 5.41) is 2.88. The number of nitrogens with one attached hydrogen (secondary N) is 1. The second kappa shape index (κ2) is 8.13. The fourth-order valence-corrected chi connectivity index (χ4v) is 1.39. The first-order valence-corrected chi connectivity index (χ1v) is 5.29. The zero-order valence-electron chi connectivity index (χ0n) is 9.53. The van der Waals surface area contributed by atoms with Gasteiger partial charge in [-0.2, -0.15) is 0 Å². The average molecular weight is 243 g/mol. The van der Waals surface area contributed by atoms with E-state index in [-0.39, 0.29) is 18.3 Å². The van der Waals surface area contributed by atoms with E-state index in [0.717, 1.165) is 24.0 Å². The lowest BCUT2D eigenvalue weighted by molar-refractivity contribution is 0.0952. The second-order valence-corrected chi connectivity index (χ2v) is 3.57. The molecule has 0 atom stereocenters. The Bertz CT molecular complexity index is 329. The Morgan fingerprint density at radius 2 is 2.00 bits per heavy atom. The first-order chi connectivity index (χ1) is 7.25. The highest BCUT2D eigenvalue weighted by molar-refractivity contribution is 5.95. The summed E-state index contributed by atoms with van der Waals surface area (Å²) in [5.41, 5.74) is 7.13. The highest BCUT2D eigenvalue weighted by Gasteiger charge is 2.06. The third kappa shape index (κ3) is 4.64. The van der Waals surface area contributed by atoms with Crippen molar-refractivity contribution in [3.63, 3.8) is 0 Å². The molecule has 1 amide bonds. The topological polar surface area (TPSA) is 55.1 Å². The SMILES string of the molecule is Cc1ccccc1C(=O)NCCCCN.Cl. The fraction of sp³-hybridized carbons (Fsp3) is 0.417. The molecule has 0 fully saturated rings. The van der Waals surface area contributed by atoms with Crippen molar-refractivity contribution >= 4 is 18.3 Å². The third-order valence-corrected chi connectivity index (χ3v) is 2.31. The molecule has 3 nitrogen and oxygen atoms in total. The van der Waals surface area contributed by atoms with Crippen LogP contribution in [0, 0.1) is 6.92 Å². The molecule has 0 saturated heterocycles. The predicted octanol–water partition coefficient (Wildman–Crippen LogP) is 1.89. The van der Waals surface area contributed by atoms with Gasteiger partial charge in [0.25, 0.3) is 5.91 Å². The van der Waals surface area contributed by atoms with Crippen molar-refractivity contribution in [2.75, 3.05) is 13.1 Å². The monoisotopic (exact) mass is 242 g/mol. The van der Waals surface area contributed by atoms with Crippen LogP contribution in [0.4, 0.5) is 0 Å². The van der Waals surface area contributed by atoms with Gasteiger partial charge in [0, 0.05) is 12.1 Å². The second-order valence-electron chi connectivity index (χ2n) is 3.57. The number of rotatable bonds is 5. The van der Waals surface area contributed by atoms with E-state index < -0.39 is 0 Å². The zero-order chi connectivity index (χ0) is 11.1. The van der Waals surface area contributed by atoms with E-state index >= 15 is 0 Å². The summed E-state index contributed by atoms with van der Waals surface area (Å²) >= 11 is 0. The van der Waals surface area contributed by atoms with E-state index in [1.165, 1.54) is 0 Å². The molecule has 3 N–H and O–H groups in total. The largest absolute Gasteiger partial charge is 0.352 e. The van der Waals surface area contributed by atoms with E-state index in [9.17, 15) is 4.79 Å². The standard InChI is InChI=1S/C12H18N2O.ClH/c1-10-6-2-3-7-11(10)12(15)14-9-5-4-8-13;/h2-3,6-7H,4-5,8-9,13H2,1H3,(H,14,15);1H. The molecular formula is C12H19ClN2O. The van der Waals surface area contributed by atoms with Gasteiger partial charge >= 0.3 is 0 Å². The van der Waals surface area contributed by atoms with Crippen LogP contribution in [0.1, 0.15) is 28.8 Å². The molecule has 0 aliphatic heterocycles. The van der Waals surface area contributed by atoms with E-state index in [4.69, 9.17) is 5.73 Å². The Hall–Kier alpha value is -1.06. The van der Waals surface area contributed by atoms with Crippen LogP contribution in [-0.2, 0) is 0 Å². The lowest BCUT2D eigenvalue weighted by Crippen LogP contribution is -2.25. The number of benzene rings is 1. The maximum atomic E-state index is 11.7. The van der Waals surface area contributed by atoms with Gasteiger partial charge < -0.3 is 11.1 Å². The first kappa shape index (κ1) is 14.9. The quantitative estimate of drug-likeness (QED) is 0.775. The summed E-state index contributed by atoms with van der Waals surface area (Å²) in [5.74, 6) is 0.00474. The molecule has 0 aromatic heterocycles. The maximum Gasteiger partial charge on any atom is 0.251 e. The van der Waals surface area contributed by atoms with Crippen LogP contribution >= 0.6 is 12.4 Å². The number of carbonyl (C=O) groups excluding carboxylic acids is 1. The summed E-state index contributed by atoms with van der Waals surface area (Å²) in [6.07, 6.45) is 1.89. The molecule has 1 aromatic rings. The normalized spacial score (nSPS) is 9.38. The predicted molar refractivity (Wildman–Crippen MR) is 69.0 cm³/mol. The van der Waals surface area contributed by atoms with Gasteiger partial charge in [0.05, 0.1) is 0 Å². The molecule has 16 heavy (non-hydrogen) atoms. The number of unbranched alkanes of at least 4 members (excludes halogenated alkanes) is 1. The number of hydrogen-bond acceptors (Lipinski definition) is 2. The number of aryl methyl sites for hydroxylation is 1. The molecule has 4 heteroatoms. The smallest absolute Gasteiger partial charge is 0.251 e. The molecule has 0 heterocycles. The Kier molecular flexibility index (Phi) is 7.60. The Labute approximate surface area is 103 Å². The first-order valence-electron chi connectivity index (χ1n) is 5.29. The van der Waals surface area contributed by atoms with Crippen LogP contribution in [0.5, 0.6) is 0 Å². The Balaban J connectivity index is 0.00000225. The van der Waals surface area contributed by atoms with E-state index in [1.807, 2.05) is 31.2 Å². The highest BCUT2D eigenvalue weighted by Crippen LogP contribution is 2.06. The minimum atomic E-state index is 0. The van der Waals surface area contributed by atoms with Gasteiger partial charge in [0.2, 0.25) is 0 Å². The van der Waals surface area contributed by atoms with Crippen molar-refractivity contribution in [2.45, 2.75) is 19.8 Å². The van der Waals surface area contributed by atoms with Crippen molar-refractivity contribution in [1.29, 1.82) is 0 Å². The van der Waals surface area contributed by atoms with Gasteiger partial charge in [-0.1, -0.05) is 18.2 Å².